The minimum Gasteiger partial charge on any atom is -0.466 e. The van der Waals surface area contributed by atoms with E-state index in [1.54, 1.807) is 6.92 Å². The molecule has 0 aromatic carbocycles. The lowest BCUT2D eigenvalue weighted by Gasteiger charge is -1.97. The highest BCUT2D eigenvalue weighted by Gasteiger charge is 2.03. The van der Waals surface area contributed by atoms with Gasteiger partial charge in [0.25, 0.3) is 0 Å². The van der Waals surface area contributed by atoms with Gasteiger partial charge in [-0.1, -0.05) is 0 Å². The lowest BCUT2D eigenvalue weighted by atomic mass is 10.3. The van der Waals surface area contributed by atoms with Gasteiger partial charge in [-0.15, -0.1) is 0 Å². The lowest BCUT2D eigenvalue weighted by molar-refractivity contribution is -0.143. The molecule has 0 bridgehead atoms. The molecule has 0 saturated heterocycles. The van der Waals surface area contributed by atoms with Crippen molar-refractivity contribution in [2.45, 2.75) is 13.3 Å². The van der Waals surface area contributed by atoms with Gasteiger partial charge >= 0.3 is 5.97 Å². The minimum absolute atomic E-state index is 0.0385. The van der Waals surface area contributed by atoms with E-state index in [0.717, 1.165) is 6.42 Å². The first-order valence-electron chi connectivity index (χ1n) is 2.95. The predicted molar refractivity (Wildman–Crippen MR) is 34.7 cm³/mol. The first-order valence-corrected chi connectivity index (χ1v) is 2.95. The van der Waals surface area contributed by atoms with Crippen LogP contribution in [0.15, 0.2) is 0 Å². The van der Waals surface area contributed by atoms with Crippen LogP contribution in [0.3, 0.4) is 0 Å². The Labute approximate surface area is 59.3 Å². The van der Waals surface area contributed by atoms with Crippen LogP contribution in [0.5, 0.6) is 0 Å². The van der Waals surface area contributed by atoms with Gasteiger partial charge in [0.1, 0.15) is 0 Å². The van der Waals surface area contributed by atoms with Gasteiger partial charge in [0.05, 0.1) is 19.4 Å². The molecule has 10 heavy (non-hydrogen) atoms. The maximum Gasteiger partial charge on any atom is 0.306 e. The van der Waals surface area contributed by atoms with Gasteiger partial charge in [0.2, 0.25) is 5.91 Å². The zero-order chi connectivity index (χ0) is 7.98. The number of amides is 1. The Morgan fingerprint density at radius 3 is 2.60 bits per heavy atom. The van der Waals surface area contributed by atoms with Gasteiger partial charge in [-0.05, 0) is 6.92 Å². The molecule has 2 N–H and O–H groups in total. The fourth-order valence-corrected chi connectivity index (χ4v) is 0.404. The molecule has 0 fully saturated rings. The minimum atomic E-state index is -0.604. The van der Waals surface area contributed by atoms with Crippen molar-refractivity contribution in [1.82, 2.24) is 0 Å². The second-order valence-corrected chi connectivity index (χ2v) is 1.62. The van der Waals surface area contributed by atoms with Crippen molar-refractivity contribution in [3.63, 3.8) is 0 Å². The van der Waals surface area contributed by atoms with Gasteiger partial charge in [0, 0.05) is 0 Å². The second-order valence-electron chi connectivity index (χ2n) is 1.62. The normalized spacial score (nSPS) is 8.90. The van der Waals surface area contributed by atoms with E-state index in [9.17, 15) is 9.59 Å². The molecule has 0 aromatic heterocycles. The van der Waals surface area contributed by atoms with E-state index in [4.69, 9.17) is 5.73 Å². The van der Waals surface area contributed by atoms with Gasteiger partial charge < -0.3 is 10.5 Å². The molecular formula is C6H10NO3. The number of carbonyl (C=O) groups is 2. The van der Waals surface area contributed by atoms with E-state index in [2.05, 4.69) is 4.74 Å². The molecule has 0 saturated carbocycles. The number of nitrogens with two attached hydrogens (primary N) is 1. The maximum atomic E-state index is 10.5. The molecule has 57 valence electrons. The van der Waals surface area contributed by atoms with Crippen molar-refractivity contribution in [1.29, 1.82) is 0 Å². The fourth-order valence-electron chi connectivity index (χ4n) is 0.404. The Bertz CT molecular complexity index is 133. The van der Waals surface area contributed by atoms with E-state index >= 15 is 0 Å². The smallest absolute Gasteiger partial charge is 0.306 e. The Balaban J connectivity index is 3.30. The predicted octanol–water partition coefficient (Wildman–Crippen LogP) is -0.371. The third-order valence-corrected chi connectivity index (χ3v) is 0.775. The van der Waals surface area contributed by atoms with Crippen LogP contribution in [-0.2, 0) is 14.3 Å². The number of ether oxygens (including phenoxy) is 1. The van der Waals surface area contributed by atoms with Crippen molar-refractivity contribution >= 4 is 11.9 Å². The van der Waals surface area contributed by atoms with E-state index in [1.807, 2.05) is 0 Å². The lowest BCUT2D eigenvalue weighted by Crippen LogP contribution is -2.14. The van der Waals surface area contributed by atoms with Crippen LogP contribution >= 0.6 is 0 Å². The highest BCUT2D eigenvalue weighted by molar-refractivity contribution is 5.87. The van der Waals surface area contributed by atoms with Crippen LogP contribution in [0.2, 0.25) is 0 Å². The van der Waals surface area contributed by atoms with Crippen molar-refractivity contribution in [2.75, 3.05) is 6.61 Å². The van der Waals surface area contributed by atoms with E-state index in [-0.39, 0.29) is 6.42 Å². The van der Waals surface area contributed by atoms with E-state index < -0.39 is 11.9 Å². The third kappa shape index (κ3) is 5.08. The van der Waals surface area contributed by atoms with Gasteiger partial charge in [-0.2, -0.15) is 0 Å². The highest BCUT2D eigenvalue weighted by Crippen LogP contribution is 1.89. The van der Waals surface area contributed by atoms with E-state index in [1.165, 1.54) is 0 Å². The number of primary amides is 1. The molecule has 0 aromatic rings. The average Bonchev–Trinajstić information content (AvgIpc) is 1.85. The molecule has 1 radical (unpaired) electrons. The highest BCUT2D eigenvalue weighted by atomic mass is 16.5. The molecule has 4 heteroatoms. The Morgan fingerprint density at radius 2 is 2.20 bits per heavy atom. The molecule has 0 aliphatic carbocycles. The quantitative estimate of drug-likeness (QED) is 0.547. The molecule has 1 amide bonds. The monoisotopic (exact) mass is 144 g/mol. The molecule has 0 aliphatic heterocycles. The zero-order valence-electron chi connectivity index (χ0n) is 5.79. The molecular weight excluding hydrogens is 134 g/mol. The summed E-state index contributed by atoms with van der Waals surface area (Å²) in [6, 6.07) is 0. The number of hydrogen-bond donors (Lipinski definition) is 1. The Morgan fingerprint density at radius 1 is 1.60 bits per heavy atom. The average molecular weight is 144 g/mol. The second kappa shape index (κ2) is 4.78. The summed E-state index contributed by atoms with van der Waals surface area (Å²) in [6.45, 7) is 2.02. The molecule has 0 atom stereocenters. The van der Waals surface area contributed by atoms with Crippen LogP contribution in [0.4, 0.5) is 0 Å². The van der Waals surface area contributed by atoms with E-state index in [0.29, 0.717) is 6.61 Å². The molecule has 0 heterocycles. The summed E-state index contributed by atoms with van der Waals surface area (Å²) in [5, 5.41) is 0. The Kier molecular flexibility index (Phi) is 4.28. The van der Waals surface area contributed by atoms with Crippen molar-refractivity contribution < 1.29 is 14.3 Å². The number of carbonyl (C=O) groups excluding carboxylic acids is 2. The zero-order valence-corrected chi connectivity index (χ0v) is 5.79. The summed E-state index contributed by atoms with van der Waals surface area (Å²) in [7, 11) is 0. The van der Waals surface area contributed by atoms with Crippen LogP contribution in [0.25, 0.3) is 0 Å². The van der Waals surface area contributed by atoms with Crippen molar-refractivity contribution in [3.05, 3.63) is 6.42 Å². The molecule has 0 aliphatic rings. The first-order chi connectivity index (χ1) is 4.66. The molecule has 4 nitrogen and oxygen atoms in total. The van der Waals surface area contributed by atoms with Crippen LogP contribution in [0.1, 0.15) is 13.3 Å². The molecule has 0 spiro atoms. The van der Waals surface area contributed by atoms with Crippen molar-refractivity contribution in [2.24, 2.45) is 5.73 Å². The van der Waals surface area contributed by atoms with Crippen molar-refractivity contribution in [3.8, 4) is 0 Å². The van der Waals surface area contributed by atoms with Crippen LogP contribution < -0.4 is 5.73 Å². The molecule has 0 unspecified atom stereocenters. The summed E-state index contributed by atoms with van der Waals surface area (Å²) in [6.07, 6.45) is 1.04. The van der Waals surface area contributed by atoms with Crippen LogP contribution in [-0.4, -0.2) is 18.5 Å². The summed E-state index contributed by atoms with van der Waals surface area (Å²) < 4.78 is 4.51. The Hall–Kier alpha value is -1.06. The number of esters is 1. The topological polar surface area (TPSA) is 69.4 Å². The maximum absolute atomic E-state index is 10.5. The summed E-state index contributed by atoms with van der Waals surface area (Å²) >= 11 is 0. The SMILES string of the molecule is CCOC(=O)C[CH]C(N)=O. The first kappa shape index (κ1) is 8.94. The van der Waals surface area contributed by atoms with Gasteiger partial charge in [0.15, 0.2) is 0 Å². The standard InChI is InChI=1S/C6H10NO3/c1-2-10-6(9)4-3-5(7)8/h3H,2,4H2,1H3,(H2,7,8). The van der Waals surface area contributed by atoms with Gasteiger partial charge in [-0.3, -0.25) is 9.59 Å². The summed E-state index contributed by atoms with van der Waals surface area (Å²) in [5.41, 5.74) is 4.73. The number of rotatable bonds is 4. The van der Waals surface area contributed by atoms with Gasteiger partial charge in [-0.25, -0.2) is 0 Å². The third-order valence-electron chi connectivity index (χ3n) is 0.775. The van der Waals surface area contributed by atoms with Crippen LogP contribution in [0, 0.1) is 6.42 Å². The summed E-state index contributed by atoms with van der Waals surface area (Å²) in [5.74, 6) is -1.03. The largest absolute Gasteiger partial charge is 0.466 e. The summed E-state index contributed by atoms with van der Waals surface area (Å²) in [4.78, 5) is 20.6. The molecule has 0 rings (SSSR count). The fraction of sp³-hybridized carbons (Fsp3) is 0.500. The number of hydrogen-bond acceptors (Lipinski definition) is 3.